The lowest BCUT2D eigenvalue weighted by Gasteiger charge is -2.63. The number of aliphatic hydroxyl groups is 1. The first-order valence-corrected chi connectivity index (χ1v) is 10.3. The van der Waals surface area contributed by atoms with Crippen LogP contribution in [0.1, 0.15) is 13.8 Å². The number of ketones is 2. The van der Waals surface area contributed by atoms with Crippen molar-refractivity contribution < 1.29 is 38.4 Å². The number of hydrogen-bond acceptors (Lipinski definition) is 8. The molecule has 12 atom stereocenters. The maximum atomic E-state index is 13.8. The summed E-state index contributed by atoms with van der Waals surface area (Å²) in [5.74, 6) is -0.783. The molecule has 2 bridgehead atoms. The SMILES string of the molecule is CO[C@H]1C2=CO[C@@H](C)C3[C@H]4C5=C([C@H](O)[C@H]6O[C@H]6C5=O)[C@H](O[C@@H]4C)[C@@]23C(=O)[C@@H]2O[C@@H]21. The summed E-state index contributed by atoms with van der Waals surface area (Å²) in [6.07, 6.45) is -3.05. The monoisotopic (exact) mass is 402 g/mol. The van der Waals surface area contributed by atoms with Gasteiger partial charge in [0.25, 0.3) is 0 Å². The fraction of sp³-hybridized carbons (Fsp3) is 0.714. The highest BCUT2D eigenvalue weighted by Crippen LogP contribution is 2.68. The Morgan fingerprint density at radius 3 is 2.59 bits per heavy atom. The molecule has 8 nitrogen and oxygen atoms in total. The zero-order chi connectivity index (χ0) is 20.0. The Hall–Kier alpha value is -1.58. The standard InChI is InChI=1S/C21H22O8/c1-5-8-9-10(13(23)16-15(28-16)12(9)22)20(27-5)21-7(4-26-6(2)11(8)21)14(25-3)17-18(29-17)19(21)24/h4-6,8,11,13-18,20,23H,1-3H3/t5-,6+,8-,11?,13+,14+,15+,16-,17-,18-,20+,21+/m1/s1. The molecular formula is C21H22O8. The van der Waals surface area contributed by atoms with Crippen molar-refractivity contribution in [3.63, 3.8) is 0 Å². The molecule has 1 spiro atoms. The maximum absolute atomic E-state index is 13.8. The van der Waals surface area contributed by atoms with Crippen LogP contribution in [0.5, 0.6) is 0 Å². The first kappa shape index (κ1) is 17.1. The minimum atomic E-state index is -1.06. The minimum Gasteiger partial charge on any atom is -0.498 e. The van der Waals surface area contributed by atoms with Crippen LogP contribution in [0.15, 0.2) is 23.0 Å². The summed E-state index contributed by atoms with van der Waals surface area (Å²) in [5, 5.41) is 11.0. The molecule has 29 heavy (non-hydrogen) atoms. The zero-order valence-electron chi connectivity index (χ0n) is 16.2. The van der Waals surface area contributed by atoms with Crippen LogP contribution in [0.4, 0.5) is 0 Å². The molecule has 0 amide bonds. The Kier molecular flexibility index (Phi) is 2.96. The van der Waals surface area contributed by atoms with Crippen LogP contribution in [0.3, 0.4) is 0 Å². The number of fused-ring (bicyclic) bond motifs is 3. The Morgan fingerprint density at radius 2 is 1.83 bits per heavy atom. The largest absolute Gasteiger partial charge is 0.498 e. The van der Waals surface area contributed by atoms with Crippen LogP contribution in [0.2, 0.25) is 0 Å². The van der Waals surface area contributed by atoms with Crippen LogP contribution < -0.4 is 0 Å². The van der Waals surface area contributed by atoms with Crippen molar-refractivity contribution in [1.82, 2.24) is 0 Å². The molecule has 8 aliphatic rings. The molecule has 8 heteroatoms. The van der Waals surface area contributed by atoms with Crippen molar-refractivity contribution in [2.24, 2.45) is 17.3 Å². The third-order valence-electron chi connectivity index (χ3n) is 8.23. The van der Waals surface area contributed by atoms with Gasteiger partial charge in [0.1, 0.15) is 36.6 Å². The average molecular weight is 402 g/mol. The number of rotatable bonds is 1. The van der Waals surface area contributed by atoms with E-state index in [-0.39, 0.29) is 41.7 Å². The van der Waals surface area contributed by atoms with E-state index in [1.807, 2.05) is 13.8 Å². The van der Waals surface area contributed by atoms with Crippen LogP contribution >= 0.6 is 0 Å². The maximum Gasteiger partial charge on any atom is 0.190 e. The molecule has 0 aromatic carbocycles. The molecule has 5 heterocycles. The van der Waals surface area contributed by atoms with Crippen molar-refractivity contribution in [1.29, 1.82) is 0 Å². The van der Waals surface area contributed by atoms with Crippen molar-refractivity contribution in [3.8, 4) is 0 Å². The molecule has 1 unspecified atom stereocenters. The first-order valence-electron chi connectivity index (χ1n) is 10.3. The van der Waals surface area contributed by atoms with Gasteiger partial charge in [-0.3, -0.25) is 9.59 Å². The fourth-order valence-electron chi connectivity index (χ4n) is 7.09. The van der Waals surface area contributed by atoms with Gasteiger partial charge in [-0.1, -0.05) is 0 Å². The molecule has 1 N–H and O–H groups in total. The van der Waals surface area contributed by atoms with E-state index in [0.717, 1.165) is 0 Å². The van der Waals surface area contributed by atoms with Crippen LogP contribution in [-0.2, 0) is 33.3 Å². The Balaban J connectivity index is 1.51. The van der Waals surface area contributed by atoms with E-state index in [1.165, 1.54) is 0 Å². The Bertz CT molecular complexity index is 937. The van der Waals surface area contributed by atoms with Gasteiger partial charge in [0, 0.05) is 30.1 Å². The van der Waals surface area contributed by atoms with E-state index in [2.05, 4.69) is 0 Å². The number of aliphatic hydroxyl groups excluding tert-OH is 1. The average Bonchev–Trinajstić information content (AvgIpc) is 3.60. The molecule has 3 aliphatic carbocycles. The highest BCUT2D eigenvalue weighted by molar-refractivity contribution is 6.06. The van der Waals surface area contributed by atoms with Gasteiger partial charge >= 0.3 is 0 Å². The topological polar surface area (TPSA) is 107 Å². The summed E-state index contributed by atoms with van der Waals surface area (Å²) >= 11 is 0. The molecule has 0 aromatic heterocycles. The van der Waals surface area contributed by atoms with Crippen molar-refractivity contribution in [3.05, 3.63) is 23.0 Å². The second-order valence-corrected chi connectivity index (χ2v) is 9.30. The number of methoxy groups -OCH3 is 1. The number of hydrogen-bond donors (Lipinski definition) is 1. The number of carbonyl (C=O) groups is 2. The molecule has 3 saturated heterocycles. The van der Waals surface area contributed by atoms with Crippen LogP contribution in [-0.4, -0.2) is 78.7 Å². The molecule has 0 radical (unpaired) electrons. The fourth-order valence-corrected chi connectivity index (χ4v) is 7.09. The summed E-state index contributed by atoms with van der Waals surface area (Å²) in [7, 11) is 1.59. The lowest BCUT2D eigenvalue weighted by atomic mass is 9.45. The van der Waals surface area contributed by atoms with E-state index in [1.54, 1.807) is 13.4 Å². The van der Waals surface area contributed by atoms with Gasteiger partial charge in [0.2, 0.25) is 0 Å². The van der Waals surface area contributed by atoms with E-state index >= 15 is 0 Å². The van der Waals surface area contributed by atoms with E-state index in [4.69, 9.17) is 23.7 Å². The van der Waals surface area contributed by atoms with Crippen molar-refractivity contribution in [2.45, 2.75) is 68.8 Å². The summed E-state index contributed by atoms with van der Waals surface area (Å²) in [6.45, 7) is 3.86. The lowest BCUT2D eigenvalue weighted by Crippen LogP contribution is -2.72. The zero-order valence-corrected chi connectivity index (χ0v) is 16.2. The van der Waals surface area contributed by atoms with Gasteiger partial charge < -0.3 is 28.8 Å². The summed E-state index contributed by atoms with van der Waals surface area (Å²) in [4.78, 5) is 27.0. The van der Waals surface area contributed by atoms with Gasteiger partial charge in [-0.2, -0.15) is 0 Å². The molecule has 154 valence electrons. The Morgan fingerprint density at radius 1 is 1.07 bits per heavy atom. The van der Waals surface area contributed by atoms with Crippen LogP contribution in [0.25, 0.3) is 0 Å². The van der Waals surface area contributed by atoms with E-state index < -0.39 is 42.0 Å². The summed E-state index contributed by atoms with van der Waals surface area (Å²) in [6, 6.07) is 0. The van der Waals surface area contributed by atoms with Gasteiger partial charge in [-0.05, 0) is 19.4 Å². The minimum absolute atomic E-state index is 0.0471. The number of Topliss-reactive ketones (excluding diaryl/α,β-unsaturated/α-hetero) is 2. The summed E-state index contributed by atoms with van der Waals surface area (Å²) in [5.41, 5.74) is 0.761. The second kappa shape index (κ2) is 5.00. The second-order valence-electron chi connectivity index (χ2n) is 9.30. The molecular weight excluding hydrogens is 380 g/mol. The smallest absolute Gasteiger partial charge is 0.190 e. The van der Waals surface area contributed by atoms with Gasteiger partial charge in [0.05, 0.1) is 30.0 Å². The van der Waals surface area contributed by atoms with Crippen molar-refractivity contribution >= 4 is 11.6 Å². The van der Waals surface area contributed by atoms with Crippen molar-refractivity contribution in [2.75, 3.05) is 7.11 Å². The number of ether oxygens (including phenoxy) is 5. The highest BCUT2D eigenvalue weighted by Gasteiger charge is 2.79. The molecule has 5 aliphatic heterocycles. The third kappa shape index (κ3) is 1.66. The summed E-state index contributed by atoms with van der Waals surface area (Å²) < 4.78 is 29.3. The molecule has 8 rings (SSSR count). The van der Waals surface area contributed by atoms with Gasteiger partial charge in [-0.15, -0.1) is 0 Å². The van der Waals surface area contributed by atoms with E-state index in [0.29, 0.717) is 16.7 Å². The number of carbonyl (C=O) groups excluding carboxylic acids is 2. The number of epoxide rings is 2. The van der Waals surface area contributed by atoms with Crippen LogP contribution in [0, 0.1) is 17.3 Å². The van der Waals surface area contributed by atoms with Gasteiger partial charge in [-0.25, -0.2) is 0 Å². The molecule has 1 saturated carbocycles. The normalized spacial score (nSPS) is 58.3. The predicted octanol–water partition coefficient (Wildman–Crippen LogP) is -0.319. The van der Waals surface area contributed by atoms with E-state index in [9.17, 15) is 14.7 Å². The molecule has 4 fully saturated rings. The van der Waals surface area contributed by atoms with Gasteiger partial charge in [0.15, 0.2) is 11.6 Å². The third-order valence-corrected chi connectivity index (χ3v) is 8.23. The molecule has 0 aromatic rings. The Labute approximate surface area is 166 Å². The lowest BCUT2D eigenvalue weighted by molar-refractivity contribution is -0.210. The quantitative estimate of drug-likeness (QED) is 0.595. The highest BCUT2D eigenvalue weighted by atomic mass is 16.6. The first-order chi connectivity index (χ1) is 13.9. The predicted molar refractivity (Wildman–Crippen MR) is 93.5 cm³/mol.